The van der Waals surface area contributed by atoms with Gasteiger partial charge in [0.1, 0.15) is 11.5 Å². The van der Waals surface area contributed by atoms with Crippen LogP contribution in [0.1, 0.15) is 36.8 Å². The Bertz CT molecular complexity index is 821. The molecule has 0 amide bonds. The molecule has 0 radical (unpaired) electrons. The Balaban J connectivity index is 1.60. The summed E-state index contributed by atoms with van der Waals surface area (Å²) >= 11 is 3.51. The van der Waals surface area contributed by atoms with Crippen LogP contribution in [-0.2, 0) is 13.6 Å². The summed E-state index contributed by atoms with van der Waals surface area (Å²) < 4.78 is 5.29. The number of pyridine rings is 1. The van der Waals surface area contributed by atoms with Gasteiger partial charge in [-0.1, -0.05) is 6.42 Å². The van der Waals surface area contributed by atoms with Crippen LogP contribution in [0.2, 0.25) is 0 Å². The van der Waals surface area contributed by atoms with Crippen molar-refractivity contribution in [1.82, 2.24) is 23.8 Å². The quantitative estimate of drug-likeness (QED) is 0.704. The number of aryl methyl sites for hydroxylation is 1. The molecule has 1 aliphatic heterocycles. The first-order valence-electron chi connectivity index (χ1n) is 8.05. The van der Waals surface area contributed by atoms with Crippen LogP contribution in [-0.4, -0.2) is 30.4 Å². The van der Waals surface area contributed by atoms with E-state index in [4.69, 9.17) is 4.98 Å². The zero-order chi connectivity index (χ0) is 15.8. The molecule has 4 rings (SSSR count). The van der Waals surface area contributed by atoms with E-state index in [2.05, 4.69) is 54.2 Å². The fraction of sp³-hybridized carbons (Fsp3) is 0.412. The first-order chi connectivity index (χ1) is 11.2. The van der Waals surface area contributed by atoms with Gasteiger partial charge in [0.2, 0.25) is 0 Å². The van der Waals surface area contributed by atoms with Crippen LogP contribution in [0.15, 0.2) is 41.4 Å². The number of halogens is 1. The predicted octanol–water partition coefficient (Wildman–Crippen LogP) is 3.56. The van der Waals surface area contributed by atoms with Gasteiger partial charge in [-0.25, -0.2) is 9.97 Å². The molecule has 3 aromatic heterocycles. The number of aromatic nitrogens is 4. The van der Waals surface area contributed by atoms with Crippen LogP contribution in [0, 0.1) is 0 Å². The number of likely N-dealkylation sites (tertiary alicyclic amines) is 1. The maximum absolute atomic E-state index is 4.76. The first kappa shape index (κ1) is 14.9. The molecule has 0 spiro atoms. The highest BCUT2D eigenvalue weighted by Gasteiger charge is 2.27. The molecule has 0 aliphatic carbocycles. The summed E-state index contributed by atoms with van der Waals surface area (Å²) in [6.45, 7) is 1.98. The SMILES string of the molecule is Cn1ccnc1C1CCCCN1Cc1cn2cc(Br)ccc2n1. The van der Waals surface area contributed by atoms with E-state index in [-0.39, 0.29) is 0 Å². The fourth-order valence-electron chi connectivity index (χ4n) is 3.47. The number of fused-ring (bicyclic) bond motifs is 1. The molecule has 23 heavy (non-hydrogen) atoms. The lowest BCUT2D eigenvalue weighted by Gasteiger charge is -2.34. The highest BCUT2D eigenvalue weighted by Crippen LogP contribution is 2.30. The molecule has 4 heterocycles. The van der Waals surface area contributed by atoms with Crippen LogP contribution in [0.4, 0.5) is 0 Å². The Labute approximate surface area is 144 Å². The second-order valence-corrected chi connectivity index (χ2v) is 7.14. The average Bonchev–Trinajstić information content (AvgIpc) is 3.13. The second kappa shape index (κ2) is 6.09. The minimum atomic E-state index is 0.389. The van der Waals surface area contributed by atoms with Crippen molar-refractivity contribution in [1.29, 1.82) is 0 Å². The summed E-state index contributed by atoms with van der Waals surface area (Å²) in [5.74, 6) is 1.16. The van der Waals surface area contributed by atoms with Crippen LogP contribution in [0.3, 0.4) is 0 Å². The number of hydrogen-bond acceptors (Lipinski definition) is 3. The molecule has 0 saturated carbocycles. The Kier molecular flexibility index (Phi) is 3.95. The normalized spacial score (nSPS) is 19.5. The number of rotatable bonds is 3. The van der Waals surface area contributed by atoms with Crippen molar-refractivity contribution in [3.63, 3.8) is 0 Å². The standard InChI is InChI=1S/C17H20BrN5/c1-21-9-7-19-17(21)15-4-2-3-8-22(15)11-14-12-23-10-13(18)5-6-16(23)20-14/h5-7,9-10,12,15H,2-4,8,11H2,1H3. The Morgan fingerprint density at radius 1 is 1.26 bits per heavy atom. The lowest BCUT2D eigenvalue weighted by molar-refractivity contribution is 0.130. The molecule has 0 N–H and O–H groups in total. The van der Waals surface area contributed by atoms with Crippen LogP contribution < -0.4 is 0 Å². The Morgan fingerprint density at radius 3 is 3.00 bits per heavy atom. The van der Waals surface area contributed by atoms with E-state index >= 15 is 0 Å². The van der Waals surface area contributed by atoms with Crippen LogP contribution in [0.5, 0.6) is 0 Å². The average molecular weight is 374 g/mol. The summed E-state index contributed by atoms with van der Waals surface area (Å²) in [5.41, 5.74) is 2.11. The van der Waals surface area contributed by atoms with Gasteiger partial charge in [0, 0.05) is 42.9 Å². The molecule has 5 nitrogen and oxygen atoms in total. The third-order valence-corrected chi connectivity index (χ3v) is 5.07. The molecular formula is C17H20BrN5. The van der Waals surface area contributed by atoms with Gasteiger partial charge >= 0.3 is 0 Å². The van der Waals surface area contributed by atoms with E-state index in [1.165, 1.54) is 19.3 Å². The molecule has 3 aromatic rings. The minimum Gasteiger partial charge on any atom is -0.337 e. The molecule has 1 atom stereocenters. The molecule has 1 fully saturated rings. The topological polar surface area (TPSA) is 38.4 Å². The minimum absolute atomic E-state index is 0.389. The van der Waals surface area contributed by atoms with Crippen molar-refractivity contribution in [3.8, 4) is 0 Å². The van der Waals surface area contributed by atoms with Crippen molar-refractivity contribution >= 4 is 21.6 Å². The van der Waals surface area contributed by atoms with Crippen molar-refractivity contribution < 1.29 is 0 Å². The van der Waals surface area contributed by atoms with Gasteiger partial charge in [-0.2, -0.15) is 0 Å². The summed E-state index contributed by atoms with van der Waals surface area (Å²) in [6, 6.07) is 4.46. The fourth-order valence-corrected chi connectivity index (χ4v) is 3.83. The smallest absolute Gasteiger partial charge is 0.137 e. The maximum atomic E-state index is 4.76. The Morgan fingerprint density at radius 2 is 2.17 bits per heavy atom. The second-order valence-electron chi connectivity index (χ2n) is 6.22. The molecule has 1 unspecified atom stereocenters. The molecule has 0 bridgehead atoms. The molecule has 6 heteroatoms. The number of nitrogens with zero attached hydrogens (tertiary/aromatic N) is 5. The highest BCUT2D eigenvalue weighted by molar-refractivity contribution is 9.10. The summed E-state index contributed by atoms with van der Waals surface area (Å²) in [4.78, 5) is 11.9. The zero-order valence-electron chi connectivity index (χ0n) is 13.2. The predicted molar refractivity (Wildman–Crippen MR) is 93.1 cm³/mol. The number of imidazole rings is 2. The van der Waals surface area contributed by atoms with Gasteiger partial charge < -0.3 is 8.97 Å². The summed E-state index contributed by atoms with van der Waals surface area (Å²) in [6.07, 6.45) is 11.8. The number of piperidine rings is 1. The van der Waals surface area contributed by atoms with Crippen LogP contribution >= 0.6 is 15.9 Å². The lowest BCUT2D eigenvalue weighted by atomic mass is 10.0. The summed E-state index contributed by atoms with van der Waals surface area (Å²) in [5, 5.41) is 0. The van der Waals surface area contributed by atoms with E-state index < -0.39 is 0 Å². The Hall–Kier alpha value is -1.66. The van der Waals surface area contributed by atoms with Crippen molar-refractivity contribution in [2.45, 2.75) is 31.8 Å². The maximum Gasteiger partial charge on any atom is 0.137 e. The van der Waals surface area contributed by atoms with Crippen LogP contribution in [0.25, 0.3) is 5.65 Å². The van der Waals surface area contributed by atoms with Gasteiger partial charge in [-0.3, -0.25) is 4.90 Å². The molecular weight excluding hydrogens is 354 g/mol. The third kappa shape index (κ3) is 2.93. The van der Waals surface area contributed by atoms with E-state index in [9.17, 15) is 0 Å². The highest BCUT2D eigenvalue weighted by atomic mass is 79.9. The van der Waals surface area contributed by atoms with E-state index in [1.807, 2.05) is 24.5 Å². The van der Waals surface area contributed by atoms with Gasteiger partial charge in [0.25, 0.3) is 0 Å². The zero-order valence-corrected chi connectivity index (χ0v) is 14.8. The van der Waals surface area contributed by atoms with Gasteiger partial charge in [-0.05, 0) is 47.4 Å². The monoisotopic (exact) mass is 373 g/mol. The summed E-state index contributed by atoms with van der Waals surface area (Å²) in [7, 11) is 2.08. The van der Waals surface area contributed by atoms with E-state index in [1.54, 1.807) is 0 Å². The third-order valence-electron chi connectivity index (χ3n) is 4.60. The van der Waals surface area contributed by atoms with Gasteiger partial charge in [-0.15, -0.1) is 0 Å². The van der Waals surface area contributed by atoms with Gasteiger partial charge in [0.05, 0.1) is 11.7 Å². The van der Waals surface area contributed by atoms with Gasteiger partial charge in [0.15, 0.2) is 0 Å². The molecule has 1 aliphatic rings. The van der Waals surface area contributed by atoms with Crippen molar-refractivity contribution in [2.75, 3.05) is 6.54 Å². The van der Waals surface area contributed by atoms with E-state index in [0.29, 0.717) is 6.04 Å². The molecule has 120 valence electrons. The molecule has 0 aromatic carbocycles. The van der Waals surface area contributed by atoms with Crippen molar-refractivity contribution in [3.05, 3.63) is 52.9 Å². The lowest BCUT2D eigenvalue weighted by Crippen LogP contribution is -2.34. The molecule has 1 saturated heterocycles. The van der Waals surface area contributed by atoms with E-state index in [0.717, 1.165) is 34.7 Å². The first-order valence-corrected chi connectivity index (χ1v) is 8.84. The van der Waals surface area contributed by atoms with Crippen molar-refractivity contribution in [2.24, 2.45) is 7.05 Å². The largest absolute Gasteiger partial charge is 0.337 e. The number of hydrogen-bond donors (Lipinski definition) is 0.